The van der Waals surface area contributed by atoms with Gasteiger partial charge in [-0.2, -0.15) is 0 Å². The van der Waals surface area contributed by atoms with E-state index in [2.05, 4.69) is 10.6 Å². The van der Waals surface area contributed by atoms with Crippen molar-refractivity contribution < 1.29 is 14.3 Å². The summed E-state index contributed by atoms with van der Waals surface area (Å²) in [6.07, 6.45) is 3.64. The number of benzene rings is 2. The Kier molecular flexibility index (Phi) is 8.93. The lowest BCUT2D eigenvalue weighted by Crippen LogP contribution is -2.42. The largest absolute Gasteiger partial charge is 0.445 e. The Morgan fingerprint density at radius 2 is 1.63 bits per heavy atom. The fourth-order valence-electron chi connectivity index (χ4n) is 2.44. The SMILES string of the molecule is O=C(CNC(=O)OCc1ccccc1)N[C@H](/C=C/CCl)Cc1ccccc1. The van der Waals surface area contributed by atoms with Crippen LogP contribution >= 0.6 is 11.6 Å². The first-order chi connectivity index (χ1) is 13.2. The maximum Gasteiger partial charge on any atom is 0.407 e. The molecule has 27 heavy (non-hydrogen) atoms. The molecule has 0 aliphatic carbocycles. The van der Waals surface area contributed by atoms with E-state index in [1.807, 2.05) is 66.7 Å². The molecule has 0 bridgehead atoms. The first-order valence-electron chi connectivity index (χ1n) is 8.68. The third-order valence-electron chi connectivity index (χ3n) is 3.71. The zero-order valence-electron chi connectivity index (χ0n) is 14.9. The van der Waals surface area contributed by atoms with Crippen molar-refractivity contribution in [2.45, 2.75) is 19.1 Å². The zero-order valence-corrected chi connectivity index (χ0v) is 15.7. The van der Waals surface area contributed by atoms with Gasteiger partial charge in [0.15, 0.2) is 0 Å². The van der Waals surface area contributed by atoms with Crippen LogP contribution in [0, 0.1) is 0 Å². The first-order valence-corrected chi connectivity index (χ1v) is 9.21. The molecule has 2 N–H and O–H groups in total. The minimum absolute atomic E-state index is 0.156. The van der Waals surface area contributed by atoms with Crippen LogP contribution in [0.15, 0.2) is 72.8 Å². The molecule has 5 nitrogen and oxygen atoms in total. The fraction of sp³-hybridized carbons (Fsp3) is 0.238. The smallest absolute Gasteiger partial charge is 0.407 e. The summed E-state index contributed by atoms with van der Waals surface area (Å²) in [7, 11) is 0. The Balaban J connectivity index is 1.77. The topological polar surface area (TPSA) is 67.4 Å². The van der Waals surface area contributed by atoms with Gasteiger partial charge in [0.25, 0.3) is 0 Å². The normalized spacial score (nSPS) is 11.7. The third kappa shape index (κ3) is 8.42. The summed E-state index contributed by atoms with van der Waals surface area (Å²) in [6.45, 7) is -0.00296. The molecule has 6 heteroatoms. The van der Waals surface area contributed by atoms with Crippen molar-refractivity contribution in [3.8, 4) is 0 Å². The van der Waals surface area contributed by atoms with Gasteiger partial charge in [0.1, 0.15) is 13.2 Å². The van der Waals surface area contributed by atoms with Crippen LogP contribution in [0.2, 0.25) is 0 Å². The van der Waals surface area contributed by atoms with Crippen LogP contribution in [-0.2, 0) is 22.6 Å². The van der Waals surface area contributed by atoms with Gasteiger partial charge in [0.2, 0.25) is 5.91 Å². The molecule has 142 valence electrons. The van der Waals surface area contributed by atoms with Crippen LogP contribution in [-0.4, -0.2) is 30.5 Å². The van der Waals surface area contributed by atoms with Crippen LogP contribution in [0.1, 0.15) is 11.1 Å². The summed E-state index contributed by atoms with van der Waals surface area (Å²) in [6, 6.07) is 19.0. The number of hydrogen-bond donors (Lipinski definition) is 2. The predicted molar refractivity (Wildman–Crippen MR) is 107 cm³/mol. The summed E-state index contributed by atoms with van der Waals surface area (Å²) in [5, 5.41) is 5.33. The molecule has 0 unspecified atom stereocenters. The molecule has 2 aromatic carbocycles. The van der Waals surface area contributed by atoms with Crippen molar-refractivity contribution in [1.82, 2.24) is 10.6 Å². The van der Waals surface area contributed by atoms with E-state index in [4.69, 9.17) is 16.3 Å². The second kappa shape index (κ2) is 11.8. The van der Waals surface area contributed by atoms with Gasteiger partial charge in [0.05, 0.1) is 6.04 Å². The molecule has 0 radical (unpaired) electrons. The molecule has 0 aliphatic rings. The Bertz CT molecular complexity index is 736. The molecule has 0 aromatic heterocycles. The lowest BCUT2D eigenvalue weighted by atomic mass is 10.1. The van der Waals surface area contributed by atoms with E-state index in [-0.39, 0.29) is 25.1 Å². The van der Waals surface area contributed by atoms with Gasteiger partial charge in [-0.05, 0) is 17.5 Å². The van der Waals surface area contributed by atoms with Crippen molar-refractivity contribution >= 4 is 23.6 Å². The average Bonchev–Trinajstić information content (AvgIpc) is 2.70. The van der Waals surface area contributed by atoms with E-state index < -0.39 is 6.09 Å². The Morgan fingerprint density at radius 1 is 1.00 bits per heavy atom. The number of allylic oxidation sites excluding steroid dienone is 1. The first kappa shape index (κ1) is 20.5. The number of halogens is 1. The maximum absolute atomic E-state index is 12.1. The zero-order chi connectivity index (χ0) is 19.3. The highest BCUT2D eigenvalue weighted by molar-refractivity contribution is 6.18. The molecule has 2 aromatic rings. The molecule has 0 saturated carbocycles. The number of amides is 2. The summed E-state index contributed by atoms with van der Waals surface area (Å²) in [4.78, 5) is 23.9. The van der Waals surface area contributed by atoms with Crippen molar-refractivity contribution in [2.75, 3.05) is 12.4 Å². The van der Waals surface area contributed by atoms with Crippen LogP contribution in [0.5, 0.6) is 0 Å². The van der Waals surface area contributed by atoms with Gasteiger partial charge in [0, 0.05) is 5.88 Å². The minimum Gasteiger partial charge on any atom is -0.445 e. The molecule has 0 heterocycles. The number of alkyl halides is 1. The van der Waals surface area contributed by atoms with Gasteiger partial charge in [-0.3, -0.25) is 4.79 Å². The van der Waals surface area contributed by atoms with E-state index in [1.54, 1.807) is 6.08 Å². The van der Waals surface area contributed by atoms with Gasteiger partial charge in [-0.1, -0.05) is 72.8 Å². The molecule has 0 saturated heterocycles. The van der Waals surface area contributed by atoms with Gasteiger partial charge >= 0.3 is 6.09 Å². The molecule has 2 amide bonds. The van der Waals surface area contributed by atoms with Crippen LogP contribution in [0.3, 0.4) is 0 Å². The quantitative estimate of drug-likeness (QED) is 0.512. The summed E-state index contributed by atoms with van der Waals surface area (Å²) >= 11 is 5.70. The molecular formula is C21H23ClN2O3. The monoisotopic (exact) mass is 386 g/mol. The molecule has 0 aliphatic heterocycles. The predicted octanol–water partition coefficient (Wildman–Crippen LogP) is 3.44. The number of nitrogens with one attached hydrogen (secondary N) is 2. The highest BCUT2D eigenvalue weighted by Crippen LogP contribution is 2.05. The number of carbonyl (C=O) groups excluding carboxylic acids is 2. The Labute approximate surface area is 164 Å². The molecule has 1 atom stereocenters. The summed E-state index contributed by atoms with van der Waals surface area (Å²) < 4.78 is 5.08. The van der Waals surface area contributed by atoms with Crippen molar-refractivity contribution in [2.24, 2.45) is 0 Å². The highest BCUT2D eigenvalue weighted by Gasteiger charge is 2.12. The van der Waals surface area contributed by atoms with Crippen LogP contribution in [0.25, 0.3) is 0 Å². The number of hydrogen-bond acceptors (Lipinski definition) is 3. The molecular weight excluding hydrogens is 364 g/mol. The highest BCUT2D eigenvalue weighted by atomic mass is 35.5. The number of carbonyl (C=O) groups is 2. The number of alkyl carbamates (subject to hydrolysis) is 1. The van der Waals surface area contributed by atoms with E-state index in [9.17, 15) is 9.59 Å². The lowest BCUT2D eigenvalue weighted by Gasteiger charge is -2.16. The van der Waals surface area contributed by atoms with Crippen LogP contribution in [0.4, 0.5) is 4.79 Å². The lowest BCUT2D eigenvalue weighted by molar-refractivity contribution is -0.120. The standard InChI is InChI=1S/C21H23ClN2O3/c22-13-7-12-19(14-17-8-3-1-4-9-17)24-20(25)15-23-21(26)27-16-18-10-5-2-6-11-18/h1-12,19H,13-16H2,(H,23,26)(H,24,25)/b12-7+/t19-/m1/s1. The minimum atomic E-state index is -0.634. The molecule has 2 rings (SSSR count). The van der Waals surface area contributed by atoms with Crippen molar-refractivity contribution in [3.05, 3.63) is 83.9 Å². The summed E-state index contributed by atoms with van der Waals surface area (Å²) in [5.74, 6) is 0.0670. The molecule has 0 fully saturated rings. The second-order valence-corrected chi connectivity index (χ2v) is 6.17. The van der Waals surface area contributed by atoms with E-state index >= 15 is 0 Å². The Morgan fingerprint density at radius 3 is 2.26 bits per heavy atom. The van der Waals surface area contributed by atoms with Crippen LogP contribution < -0.4 is 10.6 Å². The van der Waals surface area contributed by atoms with E-state index in [0.717, 1.165) is 11.1 Å². The molecule has 0 spiro atoms. The Hall–Kier alpha value is -2.79. The average molecular weight is 387 g/mol. The van der Waals surface area contributed by atoms with Crippen molar-refractivity contribution in [3.63, 3.8) is 0 Å². The van der Waals surface area contributed by atoms with Gasteiger partial charge < -0.3 is 15.4 Å². The third-order valence-corrected chi connectivity index (χ3v) is 3.89. The second-order valence-electron chi connectivity index (χ2n) is 5.86. The number of rotatable bonds is 9. The van der Waals surface area contributed by atoms with Gasteiger partial charge in [-0.15, -0.1) is 11.6 Å². The maximum atomic E-state index is 12.1. The number of ether oxygens (including phenoxy) is 1. The van der Waals surface area contributed by atoms with E-state index in [1.165, 1.54) is 0 Å². The van der Waals surface area contributed by atoms with Crippen molar-refractivity contribution in [1.29, 1.82) is 0 Å². The van der Waals surface area contributed by atoms with Gasteiger partial charge in [-0.25, -0.2) is 4.79 Å². The summed E-state index contributed by atoms with van der Waals surface area (Å²) in [5.41, 5.74) is 1.98. The fourth-order valence-corrected chi connectivity index (χ4v) is 2.54. The van der Waals surface area contributed by atoms with E-state index in [0.29, 0.717) is 12.3 Å².